The first-order valence-corrected chi connectivity index (χ1v) is 8.47. The fourth-order valence-electron chi connectivity index (χ4n) is 1.95. The van der Waals surface area contributed by atoms with Crippen LogP contribution in [-0.4, -0.2) is 5.11 Å². The highest BCUT2D eigenvalue weighted by molar-refractivity contribution is 9.10. The van der Waals surface area contributed by atoms with E-state index in [4.69, 9.17) is 0 Å². The zero-order valence-electron chi connectivity index (χ0n) is 9.97. The Morgan fingerprint density at radius 1 is 1.05 bits per heavy atom. The minimum atomic E-state index is 0.345. The van der Waals surface area contributed by atoms with Crippen LogP contribution < -0.4 is 0 Å². The number of hydrogen-bond acceptors (Lipinski definition) is 3. The van der Waals surface area contributed by atoms with Crippen molar-refractivity contribution in [2.45, 2.75) is 10.6 Å². The Bertz CT molecular complexity index is 721. The molecule has 0 saturated heterocycles. The molecule has 0 amide bonds. The molecular weight excluding hydrogens is 340 g/mol. The van der Waals surface area contributed by atoms with E-state index in [1.165, 1.54) is 14.2 Å². The zero-order valence-corrected chi connectivity index (χ0v) is 13.2. The Hall–Kier alpha value is -0.970. The van der Waals surface area contributed by atoms with Crippen molar-refractivity contribution in [3.63, 3.8) is 0 Å². The van der Waals surface area contributed by atoms with Gasteiger partial charge in [0.25, 0.3) is 0 Å². The average Bonchev–Trinajstić information content (AvgIpc) is 2.84. The van der Waals surface area contributed by atoms with Gasteiger partial charge in [-0.25, -0.2) is 0 Å². The van der Waals surface area contributed by atoms with E-state index in [2.05, 4.69) is 33.4 Å². The van der Waals surface area contributed by atoms with Gasteiger partial charge in [0.2, 0.25) is 0 Å². The SMILES string of the molecule is Oc1ccc(SCc2sccc2Br)c2ccccc12. The van der Waals surface area contributed by atoms with E-state index in [-0.39, 0.29) is 0 Å². The van der Waals surface area contributed by atoms with Gasteiger partial charge in [0.15, 0.2) is 0 Å². The molecule has 0 aliphatic rings. The number of halogens is 1. The van der Waals surface area contributed by atoms with Gasteiger partial charge in [0, 0.05) is 25.4 Å². The van der Waals surface area contributed by atoms with E-state index in [9.17, 15) is 5.11 Å². The number of thiophene rings is 1. The molecule has 0 unspecified atom stereocenters. The maximum absolute atomic E-state index is 9.88. The molecule has 3 rings (SSSR count). The third kappa shape index (κ3) is 2.66. The van der Waals surface area contributed by atoms with Crippen molar-refractivity contribution in [1.29, 1.82) is 0 Å². The van der Waals surface area contributed by atoms with Crippen LogP contribution in [-0.2, 0) is 5.75 Å². The zero-order chi connectivity index (χ0) is 13.2. The fraction of sp³-hybridized carbons (Fsp3) is 0.0667. The molecule has 1 nitrogen and oxygen atoms in total. The normalized spacial score (nSPS) is 11.0. The van der Waals surface area contributed by atoms with Crippen LogP contribution in [0.15, 0.2) is 57.2 Å². The maximum atomic E-state index is 9.88. The number of aromatic hydroxyl groups is 1. The van der Waals surface area contributed by atoms with Crippen LogP contribution in [0, 0.1) is 0 Å². The summed E-state index contributed by atoms with van der Waals surface area (Å²) in [4.78, 5) is 2.54. The quantitative estimate of drug-likeness (QED) is 0.614. The van der Waals surface area contributed by atoms with Crippen LogP contribution in [0.1, 0.15) is 4.88 Å². The summed E-state index contributed by atoms with van der Waals surface area (Å²) in [5.41, 5.74) is 0. The minimum absolute atomic E-state index is 0.345. The van der Waals surface area contributed by atoms with Crippen LogP contribution in [0.25, 0.3) is 10.8 Å². The van der Waals surface area contributed by atoms with E-state index in [1.807, 2.05) is 24.3 Å². The third-order valence-corrected chi connectivity index (χ3v) is 6.12. The molecule has 3 aromatic rings. The molecule has 0 radical (unpaired) electrons. The predicted molar refractivity (Wildman–Crippen MR) is 87.2 cm³/mol. The molecule has 1 heterocycles. The minimum Gasteiger partial charge on any atom is -0.507 e. The van der Waals surface area contributed by atoms with E-state index < -0.39 is 0 Å². The van der Waals surface area contributed by atoms with Crippen LogP contribution >= 0.6 is 39.0 Å². The highest BCUT2D eigenvalue weighted by atomic mass is 79.9. The Balaban J connectivity index is 1.93. The molecular formula is C15H11BrOS2. The summed E-state index contributed by atoms with van der Waals surface area (Å²) >= 11 is 7.12. The Kier molecular flexibility index (Phi) is 3.82. The molecule has 0 aliphatic carbocycles. The first kappa shape index (κ1) is 13.0. The smallest absolute Gasteiger partial charge is 0.123 e. The molecule has 4 heteroatoms. The number of phenols is 1. The van der Waals surface area contributed by atoms with E-state index >= 15 is 0 Å². The molecule has 0 saturated carbocycles. The number of hydrogen-bond donors (Lipinski definition) is 1. The maximum Gasteiger partial charge on any atom is 0.123 e. The summed E-state index contributed by atoms with van der Waals surface area (Å²) < 4.78 is 1.17. The topological polar surface area (TPSA) is 20.2 Å². The van der Waals surface area contributed by atoms with Gasteiger partial charge < -0.3 is 5.11 Å². The standard InChI is InChI=1S/C15H11BrOS2/c16-12-7-8-18-15(12)9-19-14-6-5-13(17)10-3-1-2-4-11(10)14/h1-8,17H,9H2. The number of rotatable bonds is 3. The number of fused-ring (bicyclic) bond motifs is 1. The third-order valence-electron chi connectivity index (χ3n) is 2.91. The molecule has 19 heavy (non-hydrogen) atoms. The lowest BCUT2D eigenvalue weighted by molar-refractivity contribution is 0.481. The highest BCUT2D eigenvalue weighted by Crippen LogP contribution is 2.36. The van der Waals surface area contributed by atoms with Gasteiger partial charge in [-0.05, 0) is 44.9 Å². The van der Waals surface area contributed by atoms with E-state index in [0.29, 0.717) is 5.75 Å². The number of phenolic OH excluding ortho intramolecular Hbond substituents is 1. The molecule has 0 fully saturated rings. The summed E-state index contributed by atoms with van der Waals surface area (Å²) in [5, 5.41) is 14.0. The number of benzene rings is 2. The molecule has 1 N–H and O–H groups in total. The Labute approximate surface area is 128 Å². The van der Waals surface area contributed by atoms with Crippen molar-refractivity contribution in [3.8, 4) is 5.75 Å². The summed E-state index contributed by atoms with van der Waals surface area (Å²) in [7, 11) is 0. The summed E-state index contributed by atoms with van der Waals surface area (Å²) in [6, 6.07) is 13.8. The van der Waals surface area contributed by atoms with Gasteiger partial charge in [-0.15, -0.1) is 23.1 Å². The molecule has 96 valence electrons. The van der Waals surface area contributed by atoms with Gasteiger partial charge >= 0.3 is 0 Å². The van der Waals surface area contributed by atoms with Crippen molar-refractivity contribution >= 4 is 49.8 Å². The van der Waals surface area contributed by atoms with Gasteiger partial charge in [-0.1, -0.05) is 24.3 Å². The van der Waals surface area contributed by atoms with Gasteiger partial charge in [0.05, 0.1) is 0 Å². The monoisotopic (exact) mass is 350 g/mol. The van der Waals surface area contributed by atoms with Crippen molar-refractivity contribution < 1.29 is 5.11 Å². The Morgan fingerprint density at radius 2 is 1.84 bits per heavy atom. The lowest BCUT2D eigenvalue weighted by Crippen LogP contribution is -1.80. The van der Waals surface area contributed by atoms with Crippen LogP contribution in [0.3, 0.4) is 0 Å². The van der Waals surface area contributed by atoms with Crippen molar-refractivity contribution in [2.75, 3.05) is 0 Å². The second-order valence-electron chi connectivity index (χ2n) is 4.11. The van der Waals surface area contributed by atoms with E-state index in [1.54, 1.807) is 29.2 Å². The van der Waals surface area contributed by atoms with Gasteiger partial charge in [0.1, 0.15) is 5.75 Å². The second kappa shape index (κ2) is 5.57. The first-order valence-electron chi connectivity index (χ1n) is 5.81. The number of thioether (sulfide) groups is 1. The average molecular weight is 351 g/mol. The van der Waals surface area contributed by atoms with Crippen molar-refractivity contribution in [2.24, 2.45) is 0 Å². The van der Waals surface area contributed by atoms with E-state index in [0.717, 1.165) is 16.5 Å². The van der Waals surface area contributed by atoms with Gasteiger partial charge in [-0.2, -0.15) is 0 Å². The van der Waals surface area contributed by atoms with Crippen LogP contribution in [0.5, 0.6) is 5.75 Å². The van der Waals surface area contributed by atoms with Crippen LogP contribution in [0.2, 0.25) is 0 Å². The lowest BCUT2D eigenvalue weighted by atomic mass is 10.1. The molecule has 0 aliphatic heterocycles. The fourth-order valence-corrected chi connectivity index (χ4v) is 4.80. The van der Waals surface area contributed by atoms with Crippen LogP contribution in [0.4, 0.5) is 0 Å². The largest absolute Gasteiger partial charge is 0.507 e. The summed E-state index contributed by atoms with van der Waals surface area (Å²) in [6.07, 6.45) is 0. The molecule has 0 atom stereocenters. The van der Waals surface area contributed by atoms with Crippen molar-refractivity contribution in [3.05, 3.63) is 57.2 Å². The highest BCUT2D eigenvalue weighted by Gasteiger charge is 2.07. The van der Waals surface area contributed by atoms with Crippen molar-refractivity contribution in [1.82, 2.24) is 0 Å². The van der Waals surface area contributed by atoms with Gasteiger partial charge in [-0.3, -0.25) is 0 Å². The molecule has 0 bridgehead atoms. The predicted octanol–water partition coefficient (Wildman–Crippen LogP) is 5.66. The second-order valence-corrected chi connectivity index (χ2v) is 6.98. The lowest BCUT2D eigenvalue weighted by Gasteiger charge is -2.07. The summed E-state index contributed by atoms with van der Waals surface area (Å²) in [6.45, 7) is 0. The Morgan fingerprint density at radius 3 is 2.58 bits per heavy atom. The summed E-state index contributed by atoms with van der Waals surface area (Å²) in [5.74, 6) is 1.28. The molecule has 0 spiro atoms. The molecule has 1 aromatic heterocycles. The molecule has 2 aromatic carbocycles. The first-order chi connectivity index (χ1) is 9.25.